The summed E-state index contributed by atoms with van der Waals surface area (Å²) in [6.45, 7) is 13.9. The summed E-state index contributed by atoms with van der Waals surface area (Å²) in [5.74, 6) is -0.358. The van der Waals surface area contributed by atoms with Crippen molar-refractivity contribution in [3.8, 4) is 0 Å². The van der Waals surface area contributed by atoms with E-state index < -0.39 is 0 Å². The second-order valence-corrected chi connectivity index (χ2v) is 10.7. The highest BCUT2D eigenvalue weighted by Gasteiger charge is 2.12. The molecular formula is C34H60N2O11. The van der Waals surface area contributed by atoms with Gasteiger partial charge in [0.2, 0.25) is 0 Å². The third-order valence-corrected chi connectivity index (χ3v) is 6.91. The van der Waals surface area contributed by atoms with Gasteiger partial charge in [0.05, 0.1) is 124 Å². The van der Waals surface area contributed by atoms with E-state index in [0.29, 0.717) is 124 Å². The molecule has 0 saturated carbocycles. The van der Waals surface area contributed by atoms with Crippen LogP contribution in [0.15, 0.2) is 24.3 Å². The van der Waals surface area contributed by atoms with Crippen LogP contribution in [0, 0.1) is 0 Å². The standard InChI is InChI=1S/C34H60N2O11/c1-2-3-10-36-32-6-4-31(5-7-32)34(37)47-30-28-45-26-24-43-22-20-41-18-16-39-14-13-38-15-17-40-19-21-42-23-25-44-27-29-46-33-8-11-35-12-9-33/h4-7,33,35-36H,2-3,8-30H2,1H3. The Labute approximate surface area is 281 Å². The van der Waals surface area contributed by atoms with E-state index in [1.807, 2.05) is 12.1 Å². The van der Waals surface area contributed by atoms with Crippen LogP contribution in [0.3, 0.4) is 0 Å². The van der Waals surface area contributed by atoms with Gasteiger partial charge < -0.3 is 58.0 Å². The maximum absolute atomic E-state index is 12.1. The summed E-state index contributed by atoms with van der Waals surface area (Å²) in [6, 6.07) is 7.30. The molecule has 13 heteroatoms. The lowest BCUT2D eigenvalue weighted by Gasteiger charge is -2.22. The molecule has 0 unspecified atom stereocenters. The van der Waals surface area contributed by atoms with Gasteiger partial charge in [-0.05, 0) is 56.6 Å². The fraction of sp³-hybridized carbons (Fsp3) is 0.794. The average Bonchev–Trinajstić information content (AvgIpc) is 3.10. The molecule has 13 nitrogen and oxygen atoms in total. The summed E-state index contributed by atoms with van der Waals surface area (Å²) in [6.07, 6.45) is 4.77. The summed E-state index contributed by atoms with van der Waals surface area (Å²) in [7, 11) is 0. The number of esters is 1. The van der Waals surface area contributed by atoms with Crippen molar-refractivity contribution in [2.24, 2.45) is 0 Å². The number of unbranched alkanes of at least 4 members (excludes halogenated alkanes) is 1. The van der Waals surface area contributed by atoms with E-state index >= 15 is 0 Å². The van der Waals surface area contributed by atoms with Gasteiger partial charge in [-0.1, -0.05) is 13.3 Å². The first-order valence-corrected chi connectivity index (χ1v) is 17.2. The SMILES string of the molecule is CCCCNc1ccc(C(=O)OCCOCCOCCOCCOCCOCCOCCOCCOCCOC2CCNCC2)cc1. The summed E-state index contributed by atoms with van der Waals surface area (Å²) in [4.78, 5) is 12.1. The lowest BCUT2D eigenvalue weighted by atomic mass is 10.1. The lowest BCUT2D eigenvalue weighted by molar-refractivity contribution is -0.0320. The van der Waals surface area contributed by atoms with E-state index in [0.717, 1.165) is 51.0 Å². The predicted molar refractivity (Wildman–Crippen MR) is 179 cm³/mol. The number of rotatable bonds is 33. The van der Waals surface area contributed by atoms with Crippen molar-refractivity contribution in [1.82, 2.24) is 5.32 Å². The van der Waals surface area contributed by atoms with Gasteiger partial charge in [-0.25, -0.2) is 4.79 Å². The Hall–Kier alpha value is -1.91. The van der Waals surface area contributed by atoms with Crippen LogP contribution < -0.4 is 10.6 Å². The maximum atomic E-state index is 12.1. The van der Waals surface area contributed by atoms with Crippen molar-refractivity contribution < 1.29 is 52.2 Å². The quantitative estimate of drug-likeness (QED) is 0.0839. The van der Waals surface area contributed by atoms with Crippen LogP contribution in [0.5, 0.6) is 0 Å². The van der Waals surface area contributed by atoms with Crippen LogP contribution in [0.4, 0.5) is 5.69 Å². The first kappa shape index (κ1) is 41.3. The fourth-order valence-corrected chi connectivity index (χ4v) is 4.29. The number of piperidine rings is 1. The smallest absolute Gasteiger partial charge is 0.338 e. The monoisotopic (exact) mass is 672 g/mol. The fourth-order valence-electron chi connectivity index (χ4n) is 4.29. The van der Waals surface area contributed by atoms with E-state index in [2.05, 4.69) is 17.6 Å². The number of carbonyl (C=O) groups is 1. The number of benzene rings is 1. The molecule has 0 radical (unpaired) electrons. The van der Waals surface area contributed by atoms with Crippen LogP contribution >= 0.6 is 0 Å². The second-order valence-electron chi connectivity index (χ2n) is 10.7. The minimum Gasteiger partial charge on any atom is -0.460 e. The van der Waals surface area contributed by atoms with Crippen LogP contribution in [-0.2, 0) is 47.4 Å². The third kappa shape index (κ3) is 24.8. The van der Waals surface area contributed by atoms with Crippen molar-refractivity contribution in [2.75, 3.05) is 144 Å². The predicted octanol–water partition coefficient (Wildman–Crippen LogP) is 2.96. The number of hydrogen-bond donors (Lipinski definition) is 2. The summed E-state index contributed by atoms with van der Waals surface area (Å²) in [5.41, 5.74) is 1.52. The molecule has 2 N–H and O–H groups in total. The van der Waals surface area contributed by atoms with E-state index in [9.17, 15) is 4.79 Å². The lowest BCUT2D eigenvalue weighted by Crippen LogP contribution is -2.33. The largest absolute Gasteiger partial charge is 0.460 e. The van der Waals surface area contributed by atoms with Gasteiger partial charge in [0.25, 0.3) is 0 Å². The number of ether oxygens (including phenoxy) is 10. The Morgan fingerprint density at radius 2 is 1.02 bits per heavy atom. The van der Waals surface area contributed by atoms with Gasteiger partial charge in [0, 0.05) is 12.2 Å². The Morgan fingerprint density at radius 3 is 1.45 bits per heavy atom. The molecule has 0 amide bonds. The molecule has 2 rings (SSSR count). The molecule has 0 aliphatic carbocycles. The molecule has 0 atom stereocenters. The second kappa shape index (κ2) is 31.4. The summed E-state index contributed by atoms with van der Waals surface area (Å²) < 4.78 is 54.9. The molecule has 0 spiro atoms. The van der Waals surface area contributed by atoms with E-state index in [4.69, 9.17) is 47.4 Å². The highest BCUT2D eigenvalue weighted by Crippen LogP contribution is 2.11. The number of nitrogens with one attached hydrogen (secondary N) is 2. The van der Waals surface area contributed by atoms with Gasteiger partial charge in [-0.2, -0.15) is 0 Å². The minimum absolute atomic E-state index is 0.194. The maximum Gasteiger partial charge on any atom is 0.338 e. The molecule has 47 heavy (non-hydrogen) atoms. The number of anilines is 1. The van der Waals surface area contributed by atoms with Gasteiger partial charge >= 0.3 is 5.97 Å². The van der Waals surface area contributed by atoms with Crippen molar-refractivity contribution in [3.05, 3.63) is 29.8 Å². The Balaban J connectivity index is 1.19. The zero-order valence-corrected chi connectivity index (χ0v) is 28.6. The van der Waals surface area contributed by atoms with Crippen molar-refractivity contribution in [1.29, 1.82) is 0 Å². The molecule has 1 aromatic carbocycles. The van der Waals surface area contributed by atoms with Crippen molar-refractivity contribution >= 4 is 11.7 Å². The molecule has 0 bridgehead atoms. The van der Waals surface area contributed by atoms with Crippen LogP contribution in [0.25, 0.3) is 0 Å². The molecule has 1 aliphatic heterocycles. The van der Waals surface area contributed by atoms with Crippen LogP contribution in [0.1, 0.15) is 43.0 Å². The highest BCUT2D eigenvalue weighted by molar-refractivity contribution is 5.89. The minimum atomic E-state index is -0.358. The van der Waals surface area contributed by atoms with E-state index in [1.165, 1.54) is 0 Å². The summed E-state index contributed by atoms with van der Waals surface area (Å²) >= 11 is 0. The molecule has 1 aliphatic rings. The van der Waals surface area contributed by atoms with Gasteiger partial charge in [0.1, 0.15) is 6.61 Å². The third-order valence-electron chi connectivity index (χ3n) is 6.91. The molecule has 1 saturated heterocycles. The zero-order chi connectivity index (χ0) is 33.3. The Morgan fingerprint density at radius 1 is 0.617 bits per heavy atom. The molecule has 1 heterocycles. The highest BCUT2D eigenvalue weighted by atomic mass is 16.6. The molecule has 0 aromatic heterocycles. The Bertz CT molecular complexity index is 829. The first-order valence-electron chi connectivity index (χ1n) is 17.2. The van der Waals surface area contributed by atoms with E-state index in [-0.39, 0.29) is 12.6 Å². The van der Waals surface area contributed by atoms with Crippen LogP contribution in [0.2, 0.25) is 0 Å². The molecule has 1 fully saturated rings. The summed E-state index contributed by atoms with van der Waals surface area (Å²) in [5, 5.41) is 6.65. The topological polar surface area (TPSA) is 133 Å². The van der Waals surface area contributed by atoms with Crippen LogP contribution in [-0.4, -0.2) is 151 Å². The average molecular weight is 673 g/mol. The normalized spacial score (nSPS) is 13.6. The van der Waals surface area contributed by atoms with Crippen molar-refractivity contribution in [3.63, 3.8) is 0 Å². The molecule has 272 valence electrons. The first-order chi connectivity index (χ1) is 23.3. The van der Waals surface area contributed by atoms with Crippen molar-refractivity contribution in [2.45, 2.75) is 38.7 Å². The Kier molecular flexibility index (Phi) is 27.5. The number of carbonyl (C=O) groups excluding carboxylic acids is 1. The van der Waals surface area contributed by atoms with E-state index in [1.54, 1.807) is 12.1 Å². The van der Waals surface area contributed by atoms with Gasteiger partial charge in [0.15, 0.2) is 0 Å². The molecular weight excluding hydrogens is 612 g/mol. The zero-order valence-electron chi connectivity index (χ0n) is 28.6. The number of hydrogen-bond acceptors (Lipinski definition) is 13. The molecule has 1 aromatic rings. The van der Waals surface area contributed by atoms with Gasteiger partial charge in [-0.3, -0.25) is 0 Å². The van der Waals surface area contributed by atoms with Gasteiger partial charge in [-0.15, -0.1) is 0 Å².